The molecule has 1 aliphatic rings. The fourth-order valence-corrected chi connectivity index (χ4v) is 6.57. The molecule has 4 rings (SSSR count). The Balaban J connectivity index is 1.56. The number of fused-ring (bicyclic) bond motifs is 1. The van der Waals surface area contributed by atoms with Crippen molar-refractivity contribution in [2.24, 2.45) is 0 Å². The van der Waals surface area contributed by atoms with Gasteiger partial charge < -0.3 is 24.8 Å². The summed E-state index contributed by atoms with van der Waals surface area (Å²) in [6, 6.07) is 7.25. The average Bonchev–Trinajstić information content (AvgIpc) is 3.45. The first-order valence-electron chi connectivity index (χ1n) is 13.1. The van der Waals surface area contributed by atoms with Gasteiger partial charge in [-0.2, -0.15) is 15.1 Å². The number of nitrogens with zero attached hydrogens (tertiary/aromatic N) is 5. The number of hydrogen-bond acceptors (Lipinski definition) is 14. The van der Waals surface area contributed by atoms with Crippen LogP contribution in [0.2, 0.25) is 0 Å². The van der Waals surface area contributed by atoms with Crippen LogP contribution in [-0.4, -0.2) is 83.3 Å². The molecule has 4 unspecified atom stereocenters. The lowest BCUT2D eigenvalue weighted by Crippen LogP contribution is -2.39. The highest BCUT2D eigenvalue weighted by molar-refractivity contribution is 7.88. The molecule has 3 heterocycles. The highest BCUT2D eigenvalue weighted by Crippen LogP contribution is 2.47. The van der Waals surface area contributed by atoms with Crippen LogP contribution in [-0.2, 0) is 33.4 Å². The number of hydrogen-bond donors (Lipinski definition) is 4. The van der Waals surface area contributed by atoms with Crippen LogP contribution in [0.5, 0.6) is 5.75 Å². The van der Waals surface area contributed by atoms with Gasteiger partial charge in [0.1, 0.15) is 17.4 Å². The van der Waals surface area contributed by atoms with E-state index in [2.05, 4.69) is 24.9 Å². The summed E-state index contributed by atoms with van der Waals surface area (Å²) in [6.45, 7) is 4.48. The van der Waals surface area contributed by atoms with Crippen LogP contribution in [0.1, 0.15) is 33.4 Å². The molecule has 1 fully saturated rings. The number of nitrogens with two attached hydrogens (primary N) is 1. The van der Waals surface area contributed by atoms with Gasteiger partial charge in [0.2, 0.25) is 16.0 Å². The molecule has 0 amide bonds. The van der Waals surface area contributed by atoms with Crippen molar-refractivity contribution in [2.45, 2.75) is 51.2 Å². The number of nitrogens with one attached hydrogen (secondary N) is 2. The molecule has 17 nitrogen and oxygen atoms in total. The normalized spacial score (nSPS) is 22.7. The van der Waals surface area contributed by atoms with Crippen LogP contribution in [0.4, 0.5) is 11.8 Å². The van der Waals surface area contributed by atoms with Crippen LogP contribution in [0.25, 0.3) is 11.2 Å². The molecule has 0 spiro atoms. The molecular weight excluding hydrogens is 607 g/mol. The molecule has 3 aromatic rings. The first kappa shape index (κ1) is 32.5. The lowest BCUT2D eigenvalue weighted by Gasteiger charge is -2.25. The summed E-state index contributed by atoms with van der Waals surface area (Å²) >= 11 is 0. The van der Waals surface area contributed by atoms with Crippen molar-refractivity contribution in [2.75, 3.05) is 37.3 Å². The number of ether oxygens (including phenoxy) is 2. The molecule has 236 valence electrons. The van der Waals surface area contributed by atoms with Gasteiger partial charge in [-0.3, -0.25) is 18.9 Å². The molecule has 0 bridgehead atoms. The second kappa shape index (κ2) is 12.7. The summed E-state index contributed by atoms with van der Waals surface area (Å²) in [5.41, 5.74) is 4.77. The number of imidazole rings is 1. The Hall–Kier alpha value is -3.38. The molecule has 0 radical (unpaired) electrons. The molecule has 0 saturated carbocycles. The zero-order valence-corrected chi connectivity index (χ0v) is 25.9. The van der Waals surface area contributed by atoms with E-state index in [1.807, 2.05) is 0 Å². The van der Waals surface area contributed by atoms with E-state index >= 15 is 0 Å². The Labute approximate surface area is 248 Å². The minimum Gasteiger partial charge on any atom is -0.465 e. The molecular formula is C24H35N8O9PS. The van der Waals surface area contributed by atoms with E-state index in [4.69, 9.17) is 24.3 Å². The number of esters is 1. The number of nitrogen functional groups attached to an aromatic ring is 1. The van der Waals surface area contributed by atoms with E-state index in [1.54, 1.807) is 37.3 Å². The lowest BCUT2D eigenvalue weighted by atomic mass is 10.0. The number of sulfonamides is 1. The molecule has 19 heteroatoms. The zero-order valence-electron chi connectivity index (χ0n) is 24.2. The quantitative estimate of drug-likeness (QED) is 0.116. The number of hydrazine groups is 1. The Morgan fingerprint density at radius 3 is 2.70 bits per heavy atom. The van der Waals surface area contributed by atoms with Crippen molar-refractivity contribution in [3.8, 4) is 5.75 Å². The topological polar surface area (TPSA) is 222 Å². The predicted molar refractivity (Wildman–Crippen MR) is 155 cm³/mol. The summed E-state index contributed by atoms with van der Waals surface area (Å²) in [7, 11) is -6.38. The minimum absolute atomic E-state index is 0.0407. The van der Waals surface area contributed by atoms with Gasteiger partial charge >= 0.3 is 13.7 Å². The van der Waals surface area contributed by atoms with Gasteiger partial charge in [-0.15, -0.1) is 4.83 Å². The molecule has 1 aliphatic heterocycles. The summed E-state index contributed by atoms with van der Waals surface area (Å²) in [5.74, 6) is -0.511. The van der Waals surface area contributed by atoms with Crippen LogP contribution >= 0.6 is 7.75 Å². The summed E-state index contributed by atoms with van der Waals surface area (Å²) in [6.07, 6.45) is 0.525. The predicted octanol–water partition coefficient (Wildman–Crippen LogP) is 1.09. The van der Waals surface area contributed by atoms with Crippen LogP contribution in [0.3, 0.4) is 0 Å². The molecule has 1 aromatic carbocycles. The first-order chi connectivity index (χ1) is 20.1. The Bertz CT molecular complexity index is 1600. The van der Waals surface area contributed by atoms with Gasteiger partial charge in [-0.1, -0.05) is 18.2 Å². The smallest absolute Gasteiger partial charge is 0.459 e. The van der Waals surface area contributed by atoms with Crippen molar-refractivity contribution in [3.63, 3.8) is 0 Å². The van der Waals surface area contributed by atoms with Gasteiger partial charge in [-0.05, 0) is 32.9 Å². The second-order valence-electron chi connectivity index (χ2n) is 10.1. The third-order valence-electron chi connectivity index (χ3n) is 6.18. The second-order valence-corrected chi connectivity index (χ2v) is 13.5. The number of carbonyl (C=O) groups is 1. The number of para-hydroxylation sites is 1. The number of aliphatic hydroxyl groups is 1. The maximum Gasteiger partial charge on any atom is 0.459 e. The van der Waals surface area contributed by atoms with E-state index in [0.29, 0.717) is 0 Å². The van der Waals surface area contributed by atoms with Crippen molar-refractivity contribution in [3.05, 3.63) is 36.7 Å². The zero-order chi connectivity index (χ0) is 31.6. The molecule has 5 atom stereocenters. The molecule has 5 N–H and O–H groups in total. The van der Waals surface area contributed by atoms with Crippen molar-refractivity contribution >= 4 is 46.7 Å². The van der Waals surface area contributed by atoms with Crippen molar-refractivity contribution < 1.29 is 41.4 Å². The van der Waals surface area contributed by atoms with Gasteiger partial charge in [0, 0.05) is 13.5 Å². The Morgan fingerprint density at radius 2 is 2.05 bits per heavy atom. The standard InChI is InChI=1S/C24H35N8O9PS/c1-6-38-21(33)15(2)29-42(35,41-16-10-8-7-9-11-16)39-13-17-12-24(3,34)22(40-17)32-14-26-18-19(27-23(25)28-20(18)32)31(4)30-43(5,36)37/h7-11,14-15,17,22,30,34H,6,12-13H2,1-5H3,(H,29,35)(H2,25,27,28)/t15?,17?,22?,24-,42?/m1/s1. The van der Waals surface area contributed by atoms with Gasteiger partial charge in [-0.25, -0.2) is 18.0 Å². The molecule has 0 aliphatic carbocycles. The third kappa shape index (κ3) is 7.97. The van der Waals surface area contributed by atoms with E-state index in [-0.39, 0.29) is 48.3 Å². The SMILES string of the molecule is CCOC(=O)C(C)NP(=O)(OCC1C[C@@](C)(O)C(n2cnc3c(N(C)NS(C)(=O)=O)nc(N)nc32)O1)Oc1ccccc1. The van der Waals surface area contributed by atoms with Crippen LogP contribution in [0, 0.1) is 0 Å². The number of rotatable bonds is 13. The van der Waals surface area contributed by atoms with Crippen molar-refractivity contribution in [1.82, 2.24) is 29.4 Å². The highest BCUT2D eigenvalue weighted by Gasteiger charge is 2.47. The van der Waals surface area contributed by atoms with Gasteiger partial charge in [0.05, 0.1) is 31.9 Å². The van der Waals surface area contributed by atoms with Gasteiger partial charge in [0.15, 0.2) is 23.2 Å². The number of anilines is 2. The van der Waals surface area contributed by atoms with Crippen LogP contribution < -0.4 is 25.2 Å². The largest absolute Gasteiger partial charge is 0.465 e. The number of aromatic nitrogens is 4. The Kier molecular flexibility index (Phi) is 9.60. The fourth-order valence-electron chi connectivity index (χ4n) is 4.47. The van der Waals surface area contributed by atoms with E-state index < -0.39 is 47.7 Å². The molecule has 1 saturated heterocycles. The van der Waals surface area contributed by atoms with E-state index in [1.165, 1.54) is 31.8 Å². The summed E-state index contributed by atoms with van der Waals surface area (Å²) < 4.78 is 61.2. The third-order valence-corrected chi connectivity index (χ3v) is 8.43. The monoisotopic (exact) mass is 642 g/mol. The van der Waals surface area contributed by atoms with E-state index in [0.717, 1.165) is 11.3 Å². The number of benzene rings is 1. The van der Waals surface area contributed by atoms with Crippen LogP contribution in [0.15, 0.2) is 36.7 Å². The first-order valence-corrected chi connectivity index (χ1v) is 16.6. The lowest BCUT2D eigenvalue weighted by molar-refractivity contribution is -0.144. The summed E-state index contributed by atoms with van der Waals surface area (Å²) in [4.78, 5) is 27.1. The fraction of sp³-hybridized carbons (Fsp3) is 0.500. The van der Waals surface area contributed by atoms with Gasteiger partial charge in [0.25, 0.3) is 0 Å². The Morgan fingerprint density at radius 1 is 1.35 bits per heavy atom. The number of carbonyl (C=O) groups excluding carboxylic acids is 1. The maximum atomic E-state index is 13.8. The summed E-state index contributed by atoms with van der Waals surface area (Å²) in [5, 5.41) is 15.0. The van der Waals surface area contributed by atoms with E-state index in [9.17, 15) is 22.9 Å². The highest BCUT2D eigenvalue weighted by atomic mass is 32.2. The molecule has 43 heavy (non-hydrogen) atoms. The van der Waals surface area contributed by atoms with Crippen molar-refractivity contribution in [1.29, 1.82) is 0 Å². The average molecular weight is 643 g/mol. The minimum atomic E-state index is -4.16. The molecule has 2 aromatic heterocycles. The maximum absolute atomic E-state index is 13.8.